The van der Waals surface area contributed by atoms with Gasteiger partial charge in [-0.05, 0) is 25.1 Å². The van der Waals surface area contributed by atoms with Crippen molar-refractivity contribution in [2.24, 2.45) is 4.99 Å². The number of rotatable bonds is 5. The highest BCUT2D eigenvalue weighted by Crippen LogP contribution is 2.27. The molecule has 0 unspecified atom stereocenters. The van der Waals surface area contributed by atoms with Gasteiger partial charge in [-0.2, -0.15) is 4.57 Å². The number of non-ortho nitro benzene ring substituents is 1. The van der Waals surface area contributed by atoms with E-state index < -0.39 is 10.7 Å². The molecular weight excluding hydrogens is 403 g/mol. The zero-order valence-electron chi connectivity index (χ0n) is 17.0. The minimum Gasteiger partial charge on any atom is -0.273 e. The number of nitrogens with zero attached hydrogens (tertiary/aromatic N) is 5. The summed E-state index contributed by atoms with van der Waals surface area (Å²) in [5.41, 5.74) is 1.30. The second kappa shape index (κ2) is 8.05. The number of carbonyl (C=O) groups excluding carboxylic acids is 1. The van der Waals surface area contributed by atoms with Gasteiger partial charge in [0.2, 0.25) is 5.82 Å². The third-order valence-corrected chi connectivity index (χ3v) is 5.05. The van der Waals surface area contributed by atoms with Gasteiger partial charge in [0.1, 0.15) is 18.0 Å². The number of nitro benzene ring substituents is 1. The Hall–Kier alpha value is -3.95. The van der Waals surface area contributed by atoms with Crippen LogP contribution >= 0.6 is 0 Å². The molecule has 0 saturated carbocycles. The molecule has 9 nitrogen and oxygen atoms in total. The fourth-order valence-electron chi connectivity index (χ4n) is 3.55. The van der Waals surface area contributed by atoms with Crippen LogP contribution in [0.3, 0.4) is 0 Å². The summed E-state index contributed by atoms with van der Waals surface area (Å²) in [6.07, 6.45) is 0.262. The molecule has 2 heterocycles. The molecule has 158 valence electrons. The summed E-state index contributed by atoms with van der Waals surface area (Å²) in [4.78, 5) is 27.6. The van der Waals surface area contributed by atoms with Gasteiger partial charge in [-0.15, -0.1) is 4.68 Å². The molecule has 0 fully saturated rings. The fraction of sp³-hybridized carbons (Fsp3) is 0.238. The number of aryl methyl sites for hydroxylation is 1. The van der Waals surface area contributed by atoms with Crippen molar-refractivity contribution >= 4 is 23.3 Å². The van der Waals surface area contributed by atoms with Crippen LogP contribution in [0.15, 0.2) is 47.5 Å². The smallest absolute Gasteiger partial charge is 0.273 e. The van der Waals surface area contributed by atoms with Crippen molar-refractivity contribution < 1.29 is 18.7 Å². The molecule has 0 spiro atoms. The summed E-state index contributed by atoms with van der Waals surface area (Å²) in [6, 6.07) is 10.5. The molecule has 1 amide bonds. The molecule has 0 aliphatic carbocycles. The second-order valence-electron chi connectivity index (χ2n) is 6.90. The maximum atomic E-state index is 14.7. The van der Waals surface area contributed by atoms with Gasteiger partial charge < -0.3 is 0 Å². The molecule has 1 N–H and O–H groups in total. The standard InChI is InChI=1S/C21H19FN6O3/c1-3-18(29)24-21-25-26(4-2)19-12-23-20(14-7-5-6-8-16(14)22)15-11-13(28(30)31)9-10-17(15)27(19)21/h5-11H,3-4,12H2,1-2H3/p+1. The van der Waals surface area contributed by atoms with E-state index in [4.69, 9.17) is 0 Å². The number of halogens is 1. The molecule has 10 heteroatoms. The van der Waals surface area contributed by atoms with Crippen molar-refractivity contribution in [3.63, 3.8) is 0 Å². The van der Waals surface area contributed by atoms with Gasteiger partial charge in [0, 0.05) is 34.8 Å². The molecular formula is C21H20FN6O3+. The van der Waals surface area contributed by atoms with E-state index in [0.717, 1.165) is 0 Å². The summed E-state index contributed by atoms with van der Waals surface area (Å²) >= 11 is 0. The fourth-order valence-corrected chi connectivity index (χ4v) is 3.55. The predicted octanol–water partition coefficient (Wildman–Crippen LogP) is 2.93. The molecule has 2 aromatic carbocycles. The number of hydrogen-bond donors (Lipinski definition) is 1. The summed E-state index contributed by atoms with van der Waals surface area (Å²) in [5.74, 6) is 0.240. The van der Waals surface area contributed by atoms with Crippen molar-refractivity contribution in [2.45, 2.75) is 33.4 Å². The van der Waals surface area contributed by atoms with Gasteiger partial charge in [0.25, 0.3) is 11.6 Å². The van der Waals surface area contributed by atoms with Crippen LogP contribution in [-0.2, 0) is 17.9 Å². The van der Waals surface area contributed by atoms with Gasteiger partial charge in [0.05, 0.1) is 17.2 Å². The molecule has 0 atom stereocenters. The number of fused-ring (bicyclic) bond motifs is 3. The Morgan fingerprint density at radius 3 is 2.71 bits per heavy atom. The maximum absolute atomic E-state index is 14.7. The lowest BCUT2D eigenvalue weighted by Gasteiger charge is -2.11. The number of hydrogen-bond acceptors (Lipinski definition) is 5. The lowest BCUT2D eigenvalue weighted by Crippen LogP contribution is -2.39. The van der Waals surface area contributed by atoms with E-state index in [0.29, 0.717) is 29.3 Å². The monoisotopic (exact) mass is 423 g/mol. The summed E-state index contributed by atoms with van der Waals surface area (Å²) in [7, 11) is 0. The van der Waals surface area contributed by atoms with Crippen molar-refractivity contribution in [3.05, 3.63) is 75.3 Å². The number of amides is 1. The molecule has 1 aliphatic rings. The van der Waals surface area contributed by atoms with E-state index in [2.05, 4.69) is 15.4 Å². The first-order valence-corrected chi connectivity index (χ1v) is 9.84. The van der Waals surface area contributed by atoms with Crippen LogP contribution in [0.2, 0.25) is 0 Å². The maximum Gasteiger partial charge on any atom is 0.389 e. The van der Waals surface area contributed by atoms with Gasteiger partial charge in [0.15, 0.2) is 0 Å². The molecule has 0 radical (unpaired) electrons. The topological polar surface area (TPSA) is 106 Å². The van der Waals surface area contributed by atoms with E-state index in [1.165, 1.54) is 18.2 Å². The number of aromatic nitrogens is 3. The highest BCUT2D eigenvalue weighted by molar-refractivity contribution is 6.15. The number of anilines is 1. The summed E-state index contributed by atoms with van der Waals surface area (Å²) < 4.78 is 18.1. The molecule has 1 aliphatic heterocycles. The Morgan fingerprint density at radius 2 is 2.03 bits per heavy atom. The molecule has 1 aromatic heterocycles. The normalized spacial score (nSPS) is 12.4. The minimum atomic E-state index is -0.509. The largest absolute Gasteiger partial charge is 0.389 e. The van der Waals surface area contributed by atoms with Crippen LogP contribution in [-0.4, -0.2) is 26.3 Å². The first-order valence-electron chi connectivity index (χ1n) is 9.84. The zero-order chi connectivity index (χ0) is 22.1. The van der Waals surface area contributed by atoms with Gasteiger partial charge in [-0.3, -0.25) is 19.9 Å². The SMILES string of the molecule is CCC(=O)Nc1nn(CC)c2[n+]1-c1ccc([N+](=O)[O-])cc1C(c1ccccc1F)=NC2. The van der Waals surface area contributed by atoms with E-state index in [1.807, 2.05) is 6.92 Å². The van der Waals surface area contributed by atoms with Crippen LogP contribution in [0.1, 0.15) is 37.2 Å². The number of benzene rings is 2. The van der Waals surface area contributed by atoms with Crippen molar-refractivity contribution in [1.82, 2.24) is 9.78 Å². The van der Waals surface area contributed by atoms with Crippen LogP contribution in [0.4, 0.5) is 16.0 Å². The Morgan fingerprint density at radius 1 is 1.26 bits per heavy atom. The predicted molar refractivity (Wildman–Crippen MR) is 111 cm³/mol. The van der Waals surface area contributed by atoms with Gasteiger partial charge in [-0.25, -0.2) is 9.71 Å². The van der Waals surface area contributed by atoms with Crippen LogP contribution in [0.5, 0.6) is 0 Å². The van der Waals surface area contributed by atoms with Gasteiger partial charge >= 0.3 is 5.95 Å². The average Bonchev–Trinajstić information content (AvgIpc) is 3.01. The van der Waals surface area contributed by atoms with Gasteiger partial charge in [-0.1, -0.05) is 19.1 Å². The molecule has 4 rings (SSSR count). The van der Waals surface area contributed by atoms with E-state index in [9.17, 15) is 19.3 Å². The second-order valence-corrected chi connectivity index (χ2v) is 6.90. The van der Waals surface area contributed by atoms with E-state index in [1.54, 1.807) is 40.4 Å². The quantitative estimate of drug-likeness (QED) is 0.387. The average molecular weight is 423 g/mol. The highest BCUT2D eigenvalue weighted by Gasteiger charge is 2.32. The number of aliphatic imine (C=N–C) groups is 1. The Bertz CT molecular complexity index is 1230. The highest BCUT2D eigenvalue weighted by atomic mass is 19.1. The third kappa shape index (κ3) is 3.56. The Kier molecular flexibility index (Phi) is 5.28. The molecule has 3 aromatic rings. The molecule has 31 heavy (non-hydrogen) atoms. The van der Waals surface area contributed by atoms with Crippen LogP contribution in [0.25, 0.3) is 5.69 Å². The van der Waals surface area contributed by atoms with E-state index in [-0.39, 0.29) is 36.1 Å². The first kappa shape index (κ1) is 20.3. The minimum absolute atomic E-state index is 0.145. The number of nitrogens with one attached hydrogen (secondary N) is 1. The summed E-state index contributed by atoms with van der Waals surface area (Å²) in [6.45, 7) is 4.30. The number of carbonyl (C=O) groups is 1. The van der Waals surface area contributed by atoms with Crippen molar-refractivity contribution in [1.29, 1.82) is 0 Å². The lowest BCUT2D eigenvalue weighted by atomic mass is 9.99. The van der Waals surface area contributed by atoms with Crippen LogP contribution < -0.4 is 9.88 Å². The number of nitro groups is 1. The Labute approximate surface area is 177 Å². The third-order valence-electron chi connectivity index (χ3n) is 5.05. The van der Waals surface area contributed by atoms with Crippen molar-refractivity contribution in [3.8, 4) is 5.69 Å². The molecule has 0 saturated heterocycles. The van der Waals surface area contributed by atoms with E-state index >= 15 is 0 Å². The Balaban J connectivity index is 2.01. The first-order chi connectivity index (χ1) is 14.9. The zero-order valence-corrected chi connectivity index (χ0v) is 17.0. The molecule has 0 bridgehead atoms. The summed E-state index contributed by atoms with van der Waals surface area (Å²) in [5, 5.41) is 18.7. The van der Waals surface area contributed by atoms with Crippen LogP contribution in [0, 0.1) is 15.9 Å². The lowest BCUT2D eigenvalue weighted by molar-refractivity contribution is -0.590. The van der Waals surface area contributed by atoms with Crippen molar-refractivity contribution in [2.75, 3.05) is 5.32 Å².